The number of nitrogens with zero attached hydrogens (tertiary/aromatic N) is 4. The minimum atomic E-state index is -0.602. The fourth-order valence-corrected chi connectivity index (χ4v) is 4.68. The molecule has 2 aliphatic carbocycles. The minimum absolute atomic E-state index is 0.105. The average Bonchev–Trinajstić information content (AvgIpc) is 2.96. The number of azide groups is 1. The Balaban J connectivity index is 1.66. The van der Waals surface area contributed by atoms with Crippen molar-refractivity contribution in [2.75, 3.05) is 0 Å². The second-order valence-electron chi connectivity index (χ2n) is 7.49. The van der Waals surface area contributed by atoms with E-state index >= 15 is 0 Å². The molecule has 1 amide bonds. The van der Waals surface area contributed by atoms with Crippen molar-refractivity contribution in [3.05, 3.63) is 45.7 Å². The number of carbonyl (C=O) groups excluding carboxylic acids is 1. The van der Waals surface area contributed by atoms with Gasteiger partial charge in [0.05, 0.1) is 18.8 Å². The zero-order chi connectivity index (χ0) is 16.4. The standard InChI is InChI=1S/C17H20N4O2/c1-9-7-11-13(17(11,2)3)12(9)15-14(19-20-18)16(22)21(15)8-10-5-4-6-23-10/h4-6,11,13-15H,7-8H2,1-3H3/t11-,13-,14-,15+/m0/s1. The molecule has 23 heavy (non-hydrogen) atoms. The summed E-state index contributed by atoms with van der Waals surface area (Å²) in [5, 5.41) is 3.78. The van der Waals surface area contributed by atoms with Gasteiger partial charge >= 0.3 is 0 Å². The smallest absolute Gasteiger partial charge is 0.234 e. The number of amides is 1. The summed E-state index contributed by atoms with van der Waals surface area (Å²) in [6.07, 6.45) is 2.70. The highest BCUT2D eigenvalue weighted by molar-refractivity contribution is 5.91. The first-order valence-electron chi connectivity index (χ1n) is 8.03. The maximum atomic E-state index is 12.4. The van der Waals surface area contributed by atoms with Gasteiger partial charge in [0.1, 0.15) is 11.8 Å². The van der Waals surface area contributed by atoms with Gasteiger partial charge in [0.25, 0.3) is 0 Å². The van der Waals surface area contributed by atoms with E-state index in [0.29, 0.717) is 23.8 Å². The maximum absolute atomic E-state index is 12.4. The predicted molar refractivity (Wildman–Crippen MR) is 84.1 cm³/mol. The lowest BCUT2D eigenvalue weighted by molar-refractivity contribution is -0.148. The van der Waals surface area contributed by atoms with E-state index in [9.17, 15) is 4.79 Å². The lowest BCUT2D eigenvalue weighted by atomic mass is 9.82. The molecule has 1 saturated carbocycles. The van der Waals surface area contributed by atoms with Crippen molar-refractivity contribution >= 4 is 5.91 Å². The summed E-state index contributed by atoms with van der Waals surface area (Å²) < 4.78 is 5.39. The molecular weight excluding hydrogens is 292 g/mol. The molecule has 4 rings (SSSR count). The molecule has 6 heteroatoms. The Bertz CT molecular complexity index is 743. The van der Waals surface area contributed by atoms with Crippen LogP contribution in [0.5, 0.6) is 0 Å². The Morgan fingerprint density at radius 2 is 2.30 bits per heavy atom. The van der Waals surface area contributed by atoms with Gasteiger partial charge < -0.3 is 9.32 Å². The Morgan fingerprint density at radius 1 is 1.52 bits per heavy atom. The van der Waals surface area contributed by atoms with Gasteiger partial charge in [0, 0.05) is 4.91 Å². The molecule has 0 radical (unpaired) electrons. The number of hydrogen-bond acceptors (Lipinski definition) is 3. The number of rotatable bonds is 4. The van der Waals surface area contributed by atoms with Crippen LogP contribution in [0, 0.1) is 17.3 Å². The van der Waals surface area contributed by atoms with E-state index in [-0.39, 0.29) is 11.9 Å². The Morgan fingerprint density at radius 3 is 2.91 bits per heavy atom. The van der Waals surface area contributed by atoms with E-state index in [4.69, 9.17) is 9.95 Å². The molecule has 1 aliphatic heterocycles. The number of furan rings is 1. The number of fused-ring (bicyclic) bond motifs is 1. The molecule has 6 nitrogen and oxygen atoms in total. The van der Waals surface area contributed by atoms with Crippen LogP contribution in [-0.4, -0.2) is 22.9 Å². The number of hydrogen-bond donors (Lipinski definition) is 0. The van der Waals surface area contributed by atoms with Crippen LogP contribution >= 0.6 is 0 Å². The zero-order valence-electron chi connectivity index (χ0n) is 13.6. The van der Waals surface area contributed by atoms with Crippen LogP contribution in [0.4, 0.5) is 0 Å². The van der Waals surface area contributed by atoms with Crippen LogP contribution < -0.4 is 0 Å². The molecule has 1 aromatic heterocycles. The lowest BCUT2D eigenvalue weighted by Crippen LogP contribution is -2.64. The van der Waals surface area contributed by atoms with E-state index in [1.54, 1.807) is 11.2 Å². The molecule has 1 saturated heterocycles. The summed E-state index contributed by atoms with van der Waals surface area (Å²) in [6, 6.07) is 2.97. The van der Waals surface area contributed by atoms with E-state index < -0.39 is 6.04 Å². The minimum Gasteiger partial charge on any atom is -0.467 e. The van der Waals surface area contributed by atoms with Crippen molar-refractivity contribution < 1.29 is 9.21 Å². The van der Waals surface area contributed by atoms with Crippen LogP contribution in [-0.2, 0) is 11.3 Å². The van der Waals surface area contributed by atoms with Gasteiger partial charge in [-0.2, -0.15) is 0 Å². The average molecular weight is 312 g/mol. The number of likely N-dealkylation sites (tertiary alicyclic amines) is 1. The second kappa shape index (κ2) is 4.65. The number of carbonyl (C=O) groups is 1. The fraction of sp³-hybridized carbons (Fsp3) is 0.588. The van der Waals surface area contributed by atoms with E-state index in [1.165, 1.54) is 11.1 Å². The van der Waals surface area contributed by atoms with Gasteiger partial charge in [-0.1, -0.05) is 24.5 Å². The molecule has 4 atom stereocenters. The van der Waals surface area contributed by atoms with Crippen LogP contribution in [0.1, 0.15) is 33.0 Å². The molecule has 3 aliphatic rings. The van der Waals surface area contributed by atoms with Crippen LogP contribution in [0.15, 0.2) is 39.1 Å². The Labute approximate surface area is 134 Å². The maximum Gasteiger partial charge on any atom is 0.234 e. The molecule has 120 valence electrons. The molecule has 1 aromatic rings. The topological polar surface area (TPSA) is 82.2 Å². The van der Waals surface area contributed by atoms with Crippen molar-refractivity contribution in [2.45, 2.75) is 45.8 Å². The first kappa shape index (κ1) is 14.4. The summed E-state index contributed by atoms with van der Waals surface area (Å²) in [5.74, 6) is 1.83. The van der Waals surface area contributed by atoms with Crippen LogP contribution in [0.25, 0.3) is 10.4 Å². The first-order chi connectivity index (χ1) is 11.0. The van der Waals surface area contributed by atoms with Crippen molar-refractivity contribution in [1.29, 1.82) is 0 Å². The summed E-state index contributed by atoms with van der Waals surface area (Å²) in [7, 11) is 0. The third-order valence-corrected chi connectivity index (χ3v) is 5.98. The van der Waals surface area contributed by atoms with Crippen LogP contribution in [0.2, 0.25) is 0 Å². The van der Waals surface area contributed by atoms with Gasteiger partial charge in [-0.25, -0.2) is 0 Å². The molecule has 2 fully saturated rings. The van der Waals surface area contributed by atoms with Gasteiger partial charge in [-0.15, -0.1) is 0 Å². The monoisotopic (exact) mass is 312 g/mol. The normalized spacial score (nSPS) is 34.0. The largest absolute Gasteiger partial charge is 0.467 e. The number of allylic oxidation sites excluding steroid dienone is 1. The second-order valence-corrected chi connectivity index (χ2v) is 7.49. The van der Waals surface area contributed by atoms with E-state index in [1.807, 2.05) is 12.1 Å². The Hall–Kier alpha value is -2.20. The molecule has 0 N–H and O–H groups in total. The van der Waals surface area contributed by atoms with Crippen molar-refractivity contribution in [2.24, 2.45) is 22.4 Å². The third-order valence-electron chi connectivity index (χ3n) is 5.98. The molecular formula is C17H20N4O2. The van der Waals surface area contributed by atoms with Gasteiger partial charge in [0.15, 0.2) is 0 Å². The van der Waals surface area contributed by atoms with E-state index in [0.717, 1.165) is 12.2 Å². The van der Waals surface area contributed by atoms with Gasteiger partial charge in [-0.05, 0) is 53.8 Å². The summed E-state index contributed by atoms with van der Waals surface area (Å²) in [5.41, 5.74) is 11.8. The van der Waals surface area contributed by atoms with Crippen molar-refractivity contribution in [3.8, 4) is 0 Å². The summed E-state index contributed by atoms with van der Waals surface area (Å²) >= 11 is 0. The third kappa shape index (κ3) is 1.88. The zero-order valence-corrected chi connectivity index (χ0v) is 13.6. The van der Waals surface area contributed by atoms with Crippen molar-refractivity contribution in [1.82, 2.24) is 4.90 Å². The first-order valence-corrected chi connectivity index (χ1v) is 8.03. The SMILES string of the molecule is CC1=C([C@@H]2[C@H](N=[N+]=[N-])C(=O)N2Cc2ccco2)[C@@H]2[C@H](C1)C2(C)C. The molecule has 0 unspecified atom stereocenters. The molecule has 0 bridgehead atoms. The van der Waals surface area contributed by atoms with Gasteiger partial charge in [-0.3, -0.25) is 4.79 Å². The van der Waals surface area contributed by atoms with Crippen LogP contribution in [0.3, 0.4) is 0 Å². The molecule has 0 spiro atoms. The quantitative estimate of drug-likeness (QED) is 0.279. The number of β-lactam (4-membered cyclic amide) rings is 1. The molecule has 2 heterocycles. The highest BCUT2D eigenvalue weighted by Crippen LogP contribution is 2.70. The summed E-state index contributed by atoms with van der Waals surface area (Å²) in [6.45, 7) is 7.16. The van der Waals surface area contributed by atoms with Gasteiger partial charge in [0.2, 0.25) is 5.91 Å². The van der Waals surface area contributed by atoms with Crippen molar-refractivity contribution in [3.63, 3.8) is 0 Å². The summed E-state index contributed by atoms with van der Waals surface area (Å²) in [4.78, 5) is 17.1. The Kier molecular flexibility index (Phi) is 2.91. The highest BCUT2D eigenvalue weighted by atomic mass is 16.3. The lowest BCUT2D eigenvalue weighted by Gasteiger charge is -2.47. The molecule has 0 aromatic carbocycles. The fourth-order valence-electron chi connectivity index (χ4n) is 4.68. The van der Waals surface area contributed by atoms with E-state index in [2.05, 4.69) is 30.8 Å². The highest BCUT2D eigenvalue weighted by Gasteiger charge is 2.66. The predicted octanol–water partition coefficient (Wildman–Crippen LogP) is 3.66.